The molecule has 4 aromatic rings. The SMILES string of the molecule is CC(O)(Cn1c2ccc(F)cc2c2cc(F)ccc21)C(=O)Nc1ccc(C#N)c(C(F)(F)F)c1. The summed E-state index contributed by atoms with van der Waals surface area (Å²) in [6, 6.07) is 11.7. The lowest BCUT2D eigenvalue weighted by molar-refractivity contribution is -0.138. The Hall–Kier alpha value is -3.97. The van der Waals surface area contributed by atoms with Crippen LogP contribution in [-0.2, 0) is 17.5 Å². The van der Waals surface area contributed by atoms with Crippen molar-refractivity contribution in [2.24, 2.45) is 0 Å². The number of anilines is 1. The van der Waals surface area contributed by atoms with Gasteiger partial charge in [0.05, 0.1) is 23.7 Å². The van der Waals surface area contributed by atoms with Gasteiger partial charge in [-0.05, 0) is 61.5 Å². The molecule has 10 heteroatoms. The highest BCUT2D eigenvalue weighted by atomic mass is 19.4. The van der Waals surface area contributed by atoms with E-state index in [4.69, 9.17) is 5.26 Å². The molecule has 1 atom stereocenters. The number of fused-ring (bicyclic) bond motifs is 3. The smallest absolute Gasteiger partial charge is 0.378 e. The summed E-state index contributed by atoms with van der Waals surface area (Å²) in [5.74, 6) is -2.12. The van der Waals surface area contributed by atoms with Crippen molar-refractivity contribution in [2.75, 3.05) is 5.32 Å². The first-order chi connectivity index (χ1) is 15.9. The highest BCUT2D eigenvalue weighted by molar-refractivity contribution is 6.08. The van der Waals surface area contributed by atoms with Gasteiger partial charge in [0.1, 0.15) is 11.6 Å². The summed E-state index contributed by atoms with van der Waals surface area (Å²) in [7, 11) is 0. The molecule has 3 aromatic carbocycles. The number of nitrogens with zero attached hydrogens (tertiary/aromatic N) is 2. The van der Waals surface area contributed by atoms with Crippen molar-refractivity contribution in [3.8, 4) is 6.07 Å². The molecule has 0 aliphatic rings. The van der Waals surface area contributed by atoms with Gasteiger partial charge in [0.25, 0.3) is 5.91 Å². The van der Waals surface area contributed by atoms with Crippen LogP contribution in [0.1, 0.15) is 18.1 Å². The van der Waals surface area contributed by atoms with E-state index in [1.165, 1.54) is 54.0 Å². The predicted molar refractivity (Wildman–Crippen MR) is 115 cm³/mol. The normalized spacial score (nSPS) is 13.6. The molecular formula is C24H16F5N3O2. The molecule has 0 saturated carbocycles. The Labute approximate surface area is 189 Å². The van der Waals surface area contributed by atoms with Gasteiger partial charge in [-0.2, -0.15) is 18.4 Å². The maximum absolute atomic E-state index is 13.8. The number of carbonyl (C=O) groups excluding carboxylic acids is 1. The molecule has 0 aliphatic heterocycles. The van der Waals surface area contributed by atoms with Gasteiger partial charge < -0.3 is 15.0 Å². The fourth-order valence-corrected chi connectivity index (χ4v) is 3.82. The van der Waals surface area contributed by atoms with Gasteiger partial charge in [-0.1, -0.05) is 0 Å². The fraction of sp³-hybridized carbons (Fsp3) is 0.167. The minimum absolute atomic E-state index is 0.261. The monoisotopic (exact) mass is 473 g/mol. The van der Waals surface area contributed by atoms with Crippen LogP contribution >= 0.6 is 0 Å². The van der Waals surface area contributed by atoms with Gasteiger partial charge in [-0.3, -0.25) is 4.79 Å². The third-order valence-electron chi connectivity index (χ3n) is 5.45. The van der Waals surface area contributed by atoms with Crippen molar-refractivity contribution >= 4 is 33.4 Å². The Kier molecular flexibility index (Phi) is 5.53. The Morgan fingerprint density at radius 3 is 2.06 bits per heavy atom. The maximum Gasteiger partial charge on any atom is 0.417 e. The number of aromatic nitrogens is 1. The lowest BCUT2D eigenvalue weighted by atomic mass is 10.0. The lowest BCUT2D eigenvalue weighted by Crippen LogP contribution is -2.43. The molecule has 34 heavy (non-hydrogen) atoms. The first-order valence-electron chi connectivity index (χ1n) is 9.93. The Bertz CT molecular complexity index is 1420. The number of nitriles is 1. The quantitative estimate of drug-likeness (QED) is 0.392. The number of amides is 1. The number of hydrogen-bond donors (Lipinski definition) is 2. The van der Waals surface area contributed by atoms with E-state index in [1.807, 2.05) is 0 Å². The number of rotatable bonds is 4. The molecule has 174 valence electrons. The van der Waals surface area contributed by atoms with Gasteiger partial charge in [-0.25, -0.2) is 8.78 Å². The first-order valence-corrected chi connectivity index (χ1v) is 9.93. The topological polar surface area (TPSA) is 78.1 Å². The van der Waals surface area contributed by atoms with Crippen molar-refractivity contribution in [3.63, 3.8) is 0 Å². The highest BCUT2D eigenvalue weighted by Gasteiger charge is 2.35. The van der Waals surface area contributed by atoms with E-state index in [-0.39, 0.29) is 12.2 Å². The summed E-state index contributed by atoms with van der Waals surface area (Å²) < 4.78 is 68.8. The fourth-order valence-electron chi connectivity index (χ4n) is 3.82. The largest absolute Gasteiger partial charge is 0.417 e. The van der Waals surface area contributed by atoms with Crippen LogP contribution in [0.15, 0.2) is 54.6 Å². The molecule has 0 saturated heterocycles. The second-order valence-electron chi connectivity index (χ2n) is 8.01. The van der Waals surface area contributed by atoms with Crippen molar-refractivity contribution < 1.29 is 31.9 Å². The number of aliphatic hydroxyl groups is 1. The second-order valence-corrected chi connectivity index (χ2v) is 8.01. The molecule has 0 fully saturated rings. The summed E-state index contributed by atoms with van der Waals surface area (Å²) in [6.45, 7) is 0.805. The number of benzene rings is 3. The third kappa shape index (κ3) is 4.18. The van der Waals surface area contributed by atoms with Crippen LogP contribution in [0.5, 0.6) is 0 Å². The molecule has 0 radical (unpaired) electrons. The maximum atomic E-state index is 13.8. The van der Waals surface area contributed by atoms with Crippen LogP contribution in [0.25, 0.3) is 21.8 Å². The average Bonchev–Trinajstić information content (AvgIpc) is 3.04. The zero-order valence-electron chi connectivity index (χ0n) is 17.5. The van der Waals surface area contributed by atoms with Crippen LogP contribution < -0.4 is 5.32 Å². The van der Waals surface area contributed by atoms with Crippen LogP contribution in [0.3, 0.4) is 0 Å². The molecule has 1 unspecified atom stereocenters. The van der Waals surface area contributed by atoms with E-state index in [2.05, 4.69) is 5.32 Å². The predicted octanol–water partition coefficient (Wildman–Crippen LogP) is 5.35. The summed E-state index contributed by atoms with van der Waals surface area (Å²) in [6.07, 6.45) is -4.82. The molecule has 1 amide bonds. The molecule has 0 spiro atoms. The average molecular weight is 473 g/mol. The van der Waals surface area contributed by atoms with Gasteiger partial charge in [-0.15, -0.1) is 0 Å². The van der Waals surface area contributed by atoms with E-state index in [9.17, 15) is 31.9 Å². The van der Waals surface area contributed by atoms with Crippen molar-refractivity contribution in [1.29, 1.82) is 5.26 Å². The molecule has 0 bridgehead atoms. The number of alkyl halides is 3. The van der Waals surface area contributed by atoms with Crippen LogP contribution in [0, 0.1) is 23.0 Å². The first kappa shape index (κ1) is 23.2. The van der Waals surface area contributed by atoms with E-state index in [0.717, 1.165) is 12.1 Å². The molecule has 2 N–H and O–H groups in total. The number of carbonyl (C=O) groups is 1. The molecule has 0 aliphatic carbocycles. The molecular weight excluding hydrogens is 457 g/mol. The summed E-state index contributed by atoms with van der Waals surface area (Å²) in [5.41, 5.74) is -3.38. The van der Waals surface area contributed by atoms with E-state index < -0.39 is 40.4 Å². The van der Waals surface area contributed by atoms with Crippen LogP contribution in [0.4, 0.5) is 27.6 Å². The second kappa shape index (κ2) is 8.11. The van der Waals surface area contributed by atoms with Crippen LogP contribution in [0.2, 0.25) is 0 Å². The standard InChI is InChI=1S/C24H16F5N3O2/c1-23(34,22(33)31-16-5-2-13(11-30)19(10-16)24(27,28)29)12-32-20-6-3-14(25)8-17(20)18-9-15(26)4-7-21(18)32/h2-10,34H,12H2,1H3,(H,31,33). The lowest BCUT2D eigenvalue weighted by Gasteiger charge is -2.24. The van der Waals surface area contributed by atoms with Gasteiger partial charge >= 0.3 is 6.18 Å². The highest BCUT2D eigenvalue weighted by Crippen LogP contribution is 2.34. The molecule has 1 aromatic heterocycles. The summed E-state index contributed by atoms with van der Waals surface area (Å²) in [4.78, 5) is 12.8. The minimum atomic E-state index is -4.82. The Morgan fingerprint density at radius 1 is 1.00 bits per heavy atom. The number of hydrogen-bond acceptors (Lipinski definition) is 3. The van der Waals surface area contributed by atoms with Crippen molar-refractivity contribution in [1.82, 2.24) is 4.57 Å². The van der Waals surface area contributed by atoms with Gasteiger partial charge in [0.2, 0.25) is 0 Å². The van der Waals surface area contributed by atoms with E-state index in [1.54, 1.807) is 0 Å². The van der Waals surface area contributed by atoms with Gasteiger partial charge in [0.15, 0.2) is 5.60 Å². The van der Waals surface area contributed by atoms with E-state index in [0.29, 0.717) is 27.9 Å². The van der Waals surface area contributed by atoms with Crippen molar-refractivity contribution in [2.45, 2.75) is 25.2 Å². The number of nitrogens with one attached hydrogen (secondary N) is 1. The molecule has 4 rings (SSSR count). The minimum Gasteiger partial charge on any atom is -0.378 e. The Balaban J connectivity index is 1.70. The van der Waals surface area contributed by atoms with Crippen molar-refractivity contribution in [3.05, 3.63) is 77.4 Å². The Morgan fingerprint density at radius 2 is 1.56 bits per heavy atom. The van der Waals surface area contributed by atoms with Gasteiger partial charge in [0, 0.05) is 27.5 Å². The zero-order chi connectivity index (χ0) is 24.8. The van der Waals surface area contributed by atoms with Crippen LogP contribution in [-0.4, -0.2) is 21.2 Å². The molecule has 5 nitrogen and oxygen atoms in total. The summed E-state index contributed by atoms with van der Waals surface area (Å²) >= 11 is 0. The zero-order valence-corrected chi connectivity index (χ0v) is 17.5. The molecule has 1 heterocycles. The number of halogens is 5. The third-order valence-corrected chi connectivity index (χ3v) is 5.45. The summed E-state index contributed by atoms with van der Waals surface area (Å²) in [5, 5.41) is 22.8. The van der Waals surface area contributed by atoms with E-state index >= 15 is 0 Å².